The van der Waals surface area contributed by atoms with Crippen molar-refractivity contribution in [3.63, 3.8) is 0 Å². The number of halogens is 2. The first kappa shape index (κ1) is 27.0. The van der Waals surface area contributed by atoms with E-state index in [4.69, 9.17) is 34.7 Å². The molecule has 2 aromatic rings. The van der Waals surface area contributed by atoms with E-state index in [0.717, 1.165) is 40.4 Å². The lowest BCUT2D eigenvalue weighted by Crippen LogP contribution is -2.47. The van der Waals surface area contributed by atoms with E-state index in [-0.39, 0.29) is 0 Å². The van der Waals surface area contributed by atoms with E-state index >= 15 is 0 Å². The summed E-state index contributed by atoms with van der Waals surface area (Å²) >= 11 is 12.7. The topological polar surface area (TPSA) is 58.5 Å². The Morgan fingerprint density at radius 1 is 0.833 bits per heavy atom. The van der Waals surface area contributed by atoms with Crippen molar-refractivity contribution >= 4 is 46.0 Å². The van der Waals surface area contributed by atoms with Gasteiger partial charge in [-0.2, -0.15) is 0 Å². The summed E-state index contributed by atoms with van der Waals surface area (Å²) < 4.78 is 0. The zero-order valence-corrected chi connectivity index (χ0v) is 23.0. The van der Waals surface area contributed by atoms with Gasteiger partial charge < -0.3 is 21.3 Å². The third kappa shape index (κ3) is 6.63. The number of hydrogen-bond acceptors (Lipinski definition) is 4. The highest BCUT2D eigenvalue weighted by Gasteiger charge is 2.34. The number of nitrogens with two attached hydrogens (primary N) is 2. The van der Waals surface area contributed by atoms with Crippen LogP contribution in [0.15, 0.2) is 49.1 Å². The highest BCUT2D eigenvalue weighted by Crippen LogP contribution is 2.40. The molecular weight excluding hydrogens is 487 g/mol. The standard InChI is InChI=1S/2C15H21ClN2/c16-13-10-12(17)7-8-15(13)18-9-3-5-11-4-1-2-6-14(11)18;1-2-10-18(13-6-4-3-5-7-13)15-9-8-12(17)11-14(15)16/h7-8,10-11,14H,1-6,9,17H2;2,8-9,11,13H,1,3-7,10,17H2. The molecule has 6 heteroatoms. The quantitative estimate of drug-likeness (QED) is 0.302. The Morgan fingerprint density at radius 3 is 2.17 bits per heavy atom. The first-order valence-electron chi connectivity index (χ1n) is 13.7. The SMILES string of the molecule is C=CCN(c1ccc(N)cc1Cl)C1CCCCC1.Nc1ccc(N2CCCC3CCCCC32)c(Cl)c1. The van der Waals surface area contributed by atoms with Crippen LogP contribution in [0.25, 0.3) is 0 Å². The minimum atomic E-state index is 0.581. The maximum atomic E-state index is 6.37. The third-order valence-electron chi connectivity index (χ3n) is 8.15. The van der Waals surface area contributed by atoms with E-state index < -0.39 is 0 Å². The number of anilines is 4. The van der Waals surface area contributed by atoms with E-state index in [0.29, 0.717) is 17.8 Å². The van der Waals surface area contributed by atoms with E-state index in [1.165, 1.54) is 76.3 Å². The summed E-state index contributed by atoms with van der Waals surface area (Å²) in [5, 5.41) is 1.55. The molecule has 2 saturated carbocycles. The van der Waals surface area contributed by atoms with Gasteiger partial charge in [-0.15, -0.1) is 6.58 Å². The summed E-state index contributed by atoms with van der Waals surface area (Å²) in [5.74, 6) is 0.876. The van der Waals surface area contributed by atoms with Gasteiger partial charge in [-0.25, -0.2) is 0 Å². The molecule has 196 valence electrons. The molecule has 3 fully saturated rings. The normalized spacial score (nSPS) is 22.2. The fraction of sp³-hybridized carbons (Fsp3) is 0.533. The van der Waals surface area contributed by atoms with Crippen molar-refractivity contribution in [3.8, 4) is 0 Å². The molecule has 36 heavy (non-hydrogen) atoms. The zero-order valence-electron chi connectivity index (χ0n) is 21.5. The fourth-order valence-electron chi connectivity index (χ4n) is 6.41. The summed E-state index contributed by atoms with van der Waals surface area (Å²) in [4.78, 5) is 4.91. The van der Waals surface area contributed by atoms with Crippen LogP contribution in [0.3, 0.4) is 0 Å². The van der Waals surface area contributed by atoms with Crippen molar-refractivity contribution in [1.29, 1.82) is 0 Å². The van der Waals surface area contributed by atoms with Crippen LogP contribution in [0, 0.1) is 5.92 Å². The number of nitrogen functional groups attached to an aromatic ring is 2. The molecule has 5 rings (SSSR count). The van der Waals surface area contributed by atoms with E-state index in [2.05, 4.69) is 22.4 Å². The van der Waals surface area contributed by atoms with E-state index in [1.54, 1.807) is 0 Å². The average Bonchev–Trinajstić information content (AvgIpc) is 2.88. The predicted molar refractivity (Wildman–Crippen MR) is 158 cm³/mol. The molecule has 2 unspecified atom stereocenters. The van der Waals surface area contributed by atoms with Crippen LogP contribution in [-0.4, -0.2) is 25.2 Å². The van der Waals surface area contributed by atoms with Crippen LogP contribution in [0.4, 0.5) is 22.7 Å². The van der Waals surface area contributed by atoms with Crippen molar-refractivity contribution in [2.75, 3.05) is 34.4 Å². The Labute approximate surface area is 227 Å². The first-order chi connectivity index (χ1) is 17.5. The Morgan fingerprint density at radius 2 is 1.47 bits per heavy atom. The van der Waals surface area contributed by atoms with Crippen LogP contribution in [0.5, 0.6) is 0 Å². The molecule has 4 nitrogen and oxygen atoms in total. The second kappa shape index (κ2) is 13.0. The maximum absolute atomic E-state index is 6.37. The minimum absolute atomic E-state index is 0.581. The van der Waals surface area contributed by atoms with Crippen LogP contribution < -0.4 is 21.3 Å². The molecule has 1 heterocycles. The van der Waals surface area contributed by atoms with E-state index in [1.807, 2.05) is 36.4 Å². The molecule has 0 radical (unpaired) electrons. The molecule has 2 aliphatic carbocycles. The van der Waals surface area contributed by atoms with E-state index in [9.17, 15) is 0 Å². The number of hydrogen-bond donors (Lipinski definition) is 2. The molecule has 3 aliphatic rings. The van der Waals surface area contributed by atoms with Crippen LogP contribution in [-0.2, 0) is 0 Å². The minimum Gasteiger partial charge on any atom is -0.399 e. The number of benzene rings is 2. The van der Waals surface area contributed by atoms with Gasteiger partial charge in [-0.1, -0.05) is 61.4 Å². The molecular formula is C30H42Cl2N4. The molecule has 4 N–H and O–H groups in total. The zero-order chi connectivity index (χ0) is 25.5. The maximum Gasteiger partial charge on any atom is 0.0660 e. The van der Waals surface area contributed by atoms with Crippen molar-refractivity contribution in [2.45, 2.75) is 82.7 Å². The molecule has 1 saturated heterocycles. The smallest absolute Gasteiger partial charge is 0.0660 e. The van der Waals surface area contributed by atoms with Gasteiger partial charge in [-0.05, 0) is 80.8 Å². The Balaban J connectivity index is 0.000000169. The highest BCUT2D eigenvalue weighted by molar-refractivity contribution is 6.34. The largest absolute Gasteiger partial charge is 0.399 e. The Kier molecular flexibility index (Phi) is 9.73. The summed E-state index contributed by atoms with van der Waals surface area (Å²) in [6, 6.07) is 13.0. The molecule has 2 atom stereocenters. The van der Waals surface area contributed by atoms with Crippen molar-refractivity contribution in [2.24, 2.45) is 5.92 Å². The average molecular weight is 530 g/mol. The van der Waals surface area contributed by atoms with Crippen LogP contribution >= 0.6 is 23.2 Å². The van der Waals surface area contributed by atoms with Crippen molar-refractivity contribution in [3.05, 3.63) is 59.1 Å². The van der Waals surface area contributed by atoms with Gasteiger partial charge >= 0.3 is 0 Å². The van der Waals surface area contributed by atoms with Crippen LogP contribution in [0.2, 0.25) is 10.0 Å². The first-order valence-corrected chi connectivity index (χ1v) is 14.5. The summed E-state index contributed by atoms with van der Waals surface area (Å²) in [6.07, 6.45) is 16.6. The second-order valence-corrected chi connectivity index (χ2v) is 11.4. The van der Waals surface area contributed by atoms with Crippen molar-refractivity contribution in [1.82, 2.24) is 0 Å². The van der Waals surface area contributed by atoms with Crippen LogP contribution in [0.1, 0.15) is 70.6 Å². The number of fused-ring (bicyclic) bond motifs is 1. The fourth-order valence-corrected chi connectivity index (χ4v) is 7.01. The molecule has 1 aliphatic heterocycles. The molecule has 0 amide bonds. The summed E-state index contributed by atoms with van der Waals surface area (Å²) in [6.45, 7) is 5.84. The number of rotatable bonds is 5. The Bertz CT molecular complexity index is 1000. The highest BCUT2D eigenvalue weighted by atomic mass is 35.5. The van der Waals surface area contributed by atoms with Gasteiger partial charge in [0, 0.05) is 36.5 Å². The van der Waals surface area contributed by atoms with Gasteiger partial charge in [0.2, 0.25) is 0 Å². The van der Waals surface area contributed by atoms with Gasteiger partial charge in [0.1, 0.15) is 0 Å². The lowest BCUT2D eigenvalue weighted by Gasteiger charge is -2.45. The third-order valence-corrected chi connectivity index (χ3v) is 8.75. The van der Waals surface area contributed by atoms with Gasteiger partial charge in [0.25, 0.3) is 0 Å². The molecule has 0 aromatic heterocycles. The Hall–Kier alpha value is -2.04. The molecule has 0 bridgehead atoms. The predicted octanol–water partition coefficient (Wildman–Crippen LogP) is 8.33. The second-order valence-electron chi connectivity index (χ2n) is 10.6. The number of piperidine rings is 1. The van der Waals surface area contributed by atoms with Gasteiger partial charge in [0.15, 0.2) is 0 Å². The lowest BCUT2D eigenvalue weighted by atomic mass is 9.78. The monoisotopic (exact) mass is 528 g/mol. The molecule has 2 aromatic carbocycles. The summed E-state index contributed by atoms with van der Waals surface area (Å²) in [7, 11) is 0. The molecule has 0 spiro atoms. The van der Waals surface area contributed by atoms with Gasteiger partial charge in [-0.3, -0.25) is 0 Å². The lowest BCUT2D eigenvalue weighted by molar-refractivity contribution is 0.244. The summed E-state index contributed by atoms with van der Waals surface area (Å²) in [5.41, 5.74) is 15.3. The van der Waals surface area contributed by atoms with Crippen molar-refractivity contribution < 1.29 is 0 Å². The number of nitrogens with zero attached hydrogens (tertiary/aromatic N) is 2. The van der Waals surface area contributed by atoms with Gasteiger partial charge in [0.05, 0.1) is 21.4 Å².